The fourth-order valence-electron chi connectivity index (χ4n) is 2.41. The molecule has 1 amide bonds. The number of amides is 1. The molecule has 1 unspecified atom stereocenters. The highest BCUT2D eigenvalue weighted by Crippen LogP contribution is 2.36. The largest absolute Gasteiger partial charge is 0.325 e. The number of anilines is 1. The van der Waals surface area contributed by atoms with Gasteiger partial charge in [0.2, 0.25) is 5.91 Å². The van der Waals surface area contributed by atoms with Gasteiger partial charge >= 0.3 is 0 Å². The Balaban J connectivity index is 2.47. The van der Waals surface area contributed by atoms with Gasteiger partial charge in [-0.2, -0.15) is 0 Å². The van der Waals surface area contributed by atoms with Gasteiger partial charge in [0, 0.05) is 11.7 Å². The summed E-state index contributed by atoms with van der Waals surface area (Å²) in [6.45, 7) is 8.52. The van der Waals surface area contributed by atoms with Crippen molar-refractivity contribution in [1.29, 1.82) is 0 Å². The second-order valence-electron chi connectivity index (χ2n) is 6.14. The summed E-state index contributed by atoms with van der Waals surface area (Å²) in [4.78, 5) is 11.5. The Morgan fingerprint density at radius 2 is 2.06 bits per heavy atom. The van der Waals surface area contributed by atoms with Crippen LogP contribution >= 0.6 is 0 Å². The number of rotatable bonds is 2. The summed E-state index contributed by atoms with van der Waals surface area (Å²) in [6, 6.07) is 4.21. The molecule has 0 saturated heterocycles. The number of hydrogen-bond donors (Lipinski definition) is 2. The fourth-order valence-corrected chi connectivity index (χ4v) is 2.41. The first-order chi connectivity index (χ1) is 8.32. The third kappa shape index (κ3) is 2.27. The average molecular weight is 246 g/mol. The maximum atomic E-state index is 11.5. The highest BCUT2D eigenvalue weighted by Gasteiger charge is 2.26. The first-order valence-corrected chi connectivity index (χ1v) is 6.54. The molecule has 3 N–H and O–H groups in total. The molecule has 18 heavy (non-hydrogen) atoms. The van der Waals surface area contributed by atoms with Crippen molar-refractivity contribution < 1.29 is 4.79 Å². The van der Waals surface area contributed by atoms with Gasteiger partial charge in [0.15, 0.2) is 0 Å². The van der Waals surface area contributed by atoms with Crippen LogP contribution in [0.25, 0.3) is 0 Å². The number of carbonyl (C=O) groups excluding carboxylic acids is 1. The van der Waals surface area contributed by atoms with Gasteiger partial charge in [-0.25, -0.2) is 0 Å². The van der Waals surface area contributed by atoms with E-state index in [1.165, 1.54) is 5.56 Å². The van der Waals surface area contributed by atoms with E-state index in [0.717, 1.165) is 23.2 Å². The molecule has 2 rings (SSSR count). The Morgan fingerprint density at radius 1 is 1.39 bits per heavy atom. The third-order valence-corrected chi connectivity index (χ3v) is 3.61. The lowest BCUT2D eigenvalue weighted by Gasteiger charge is -2.28. The predicted molar refractivity (Wildman–Crippen MR) is 74.5 cm³/mol. The highest BCUT2D eigenvalue weighted by atomic mass is 16.1. The van der Waals surface area contributed by atoms with E-state index in [1.54, 1.807) is 0 Å². The van der Waals surface area contributed by atoms with Crippen LogP contribution in [0.15, 0.2) is 12.1 Å². The second kappa shape index (κ2) is 4.39. The number of carbonyl (C=O) groups is 1. The van der Waals surface area contributed by atoms with Gasteiger partial charge in [0.25, 0.3) is 0 Å². The topological polar surface area (TPSA) is 55.1 Å². The quantitative estimate of drug-likeness (QED) is 0.843. The molecule has 0 saturated carbocycles. The lowest BCUT2D eigenvalue weighted by atomic mass is 9.81. The summed E-state index contributed by atoms with van der Waals surface area (Å²) >= 11 is 0. The molecular formula is C15H22N2O. The molecule has 1 atom stereocenters. The zero-order chi connectivity index (χ0) is 13.5. The van der Waals surface area contributed by atoms with Gasteiger partial charge in [-0.05, 0) is 28.5 Å². The van der Waals surface area contributed by atoms with Gasteiger partial charge in [0.05, 0.1) is 6.42 Å². The first-order valence-electron chi connectivity index (χ1n) is 6.54. The summed E-state index contributed by atoms with van der Waals surface area (Å²) in [7, 11) is 0. The maximum absolute atomic E-state index is 11.5. The molecule has 1 aromatic rings. The normalized spacial score (nSPS) is 16.4. The highest BCUT2D eigenvalue weighted by molar-refractivity contribution is 6.00. The molecule has 0 fully saturated rings. The van der Waals surface area contributed by atoms with E-state index in [-0.39, 0.29) is 17.4 Å². The number of nitrogens with one attached hydrogen (secondary N) is 1. The van der Waals surface area contributed by atoms with E-state index >= 15 is 0 Å². The van der Waals surface area contributed by atoms with Crippen molar-refractivity contribution in [3.8, 4) is 0 Å². The van der Waals surface area contributed by atoms with Crippen LogP contribution in [0.4, 0.5) is 5.69 Å². The van der Waals surface area contributed by atoms with Crippen LogP contribution in [0.1, 0.15) is 50.4 Å². The average Bonchev–Trinajstić information content (AvgIpc) is 2.65. The molecule has 3 heteroatoms. The lowest BCUT2D eigenvalue weighted by molar-refractivity contribution is -0.115. The van der Waals surface area contributed by atoms with Gasteiger partial charge < -0.3 is 11.1 Å². The van der Waals surface area contributed by atoms with Crippen molar-refractivity contribution >= 4 is 11.6 Å². The van der Waals surface area contributed by atoms with E-state index < -0.39 is 0 Å². The minimum absolute atomic E-state index is 0.0104. The van der Waals surface area contributed by atoms with Gasteiger partial charge in [0.1, 0.15) is 0 Å². The summed E-state index contributed by atoms with van der Waals surface area (Å²) < 4.78 is 0. The molecular weight excluding hydrogens is 224 g/mol. The fraction of sp³-hybridized carbons (Fsp3) is 0.533. The summed E-state index contributed by atoms with van der Waals surface area (Å²) in [6.07, 6.45) is 1.39. The van der Waals surface area contributed by atoms with Crippen LogP contribution in [0.5, 0.6) is 0 Å². The predicted octanol–water partition coefficient (Wildman–Crippen LogP) is 2.79. The molecule has 1 aromatic carbocycles. The molecule has 98 valence electrons. The van der Waals surface area contributed by atoms with Crippen LogP contribution in [-0.4, -0.2) is 5.91 Å². The molecule has 0 bridgehead atoms. The SMILES string of the molecule is CCc1cc(C(N)C(C)(C)C)cc2c1NC(=O)C2. The van der Waals surface area contributed by atoms with Crippen LogP contribution in [0.3, 0.4) is 0 Å². The Hall–Kier alpha value is -1.35. The lowest BCUT2D eigenvalue weighted by Crippen LogP contribution is -2.26. The van der Waals surface area contributed by atoms with Gasteiger partial charge in [-0.3, -0.25) is 4.79 Å². The molecule has 1 heterocycles. The van der Waals surface area contributed by atoms with Crippen molar-refractivity contribution in [2.24, 2.45) is 11.1 Å². The number of nitrogens with two attached hydrogens (primary N) is 1. The number of aryl methyl sites for hydroxylation is 1. The zero-order valence-corrected chi connectivity index (χ0v) is 11.6. The van der Waals surface area contributed by atoms with E-state index in [4.69, 9.17) is 5.73 Å². The summed E-state index contributed by atoms with van der Waals surface area (Å²) in [5.74, 6) is 0.0844. The molecule has 0 radical (unpaired) electrons. The molecule has 0 spiro atoms. The Bertz CT molecular complexity index is 486. The summed E-state index contributed by atoms with van der Waals surface area (Å²) in [5, 5.41) is 2.94. The number of benzene rings is 1. The van der Waals surface area contributed by atoms with Crippen LogP contribution in [0, 0.1) is 5.41 Å². The van der Waals surface area contributed by atoms with Crippen molar-refractivity contribution in [2.75, 3.05) is 5.32 Å². The van der Waals surface area contributed by atoms with Crippen molar-refractivity contribution in [3.63, 3.8) is 0 Å². The standard InChI is InChI=1S/C15H22N2O/c1-5-9-6-11(14(16)15(2,3)4)7-10-8-12(18)17-13(9)10/h6-7,14H,5,8,16H2,1-4H3,(H,17,18). The van der Waals surface area contributed by atoms with Crippen LogP contribution < -0.4 is 11.1 Å². The first kappa shape index (κ1) is 13.1. The van der Waals surface area contributed by atoms with Gasteiger partial charge in [-0.1, -0.05) is 39.8 Å². The van der Waals surface area contributed by atoms with Crippen LogP contribution in [-0.2, 0) is 17.6 Å². The molecule has 3 nitrogen and oxygen atoms in total. The van der Waals surface area contributed by atoms with Crippen molar-refractivity contribution in [3.05, 3.63) is 28.8 Å². The number of hydrogen-bond acceptors (Lipinski definition) is 2. The minimum atomic E-state index is -0.0104. The molecule has 1 aliphatic heterocycles. The monoisotopic (exact) mass is 246 g/mol. The third-order valence-electron chi connectivity index (χ3n) is 3.61. The Labute approximate surface area is 109 Å². The molecule has 0 aromatic heterocycles. The van der Waals surface area contributed by atoms with Crippen LogP contribution in [0.2, 0.25) is 0 Å². The summed E-state index contributed by atoms with van der Waals surface area (Å²) in [5.41, 5.74) is 10.8. The Morgan fingerprint density at radius 3 is 2.61 bits per heavy atom. The van der Waals surface area contributed by atoms with E-state index in [0.29, 0.717) is 6.42 Å². The van der Waals surface area contributed by atoms with E-state index in [1.807, 2.05) is 0 Å². The maximum Gasteiger partial charge on any atom is 0.228 e. The minimum Gasteiger partial charge on any atom is -0.325 e. The molecule has 1 aliphatic rings. The van der Waals surface area contributed by atoms with Gasteiger partial charge in [-0.15, -0.1) is 0 Å². The second-order valence-corrected chi connectivity index (χ2v) is 6.14. The number of fused-ring (bicyclic) bond motifs is 1. The molecule has 0 aliphatic carbocycles. The smallest absolute Gasteiger partial charge is 0.228 e. The Kier molecular flexibility index (Phi) is 3.20. The van der Waals surface area contributed by atoms with E-state index in [9.17, 15) is 4.79 Å². The van der Waals surface area contributed by atoms with Crippen molar-refractivity contribution in [1.82, 2.24) is 0 Å². The van der Waals surface area contributed by atoms with Crippen molar-refractivity contribution in [2.45, 2.75) is 46.6 Å². The van der Waals surface area contributed by atoms with E-state index in [2.05, 4.69) is 45.1 Å². The zero-order valence-electron chi connectivity index (χ0n) is 11.6.